The predicted molar refractivity (Wildman–Crippen MR) is 106 cm³/mol. The number of nitrogens with zero attached hydrogens (tertiary/aromatic N) is 2. The quantitative estimate of drug-likeness (QED) is 0.698. The number of esters is 1. The molecule has 0 aromatic heterocycles. The molecule has 1 aliphatic carbocycles. The van der Waals surface area contributed by atoms with E-state index in [0.29, 0.717) is 18.6 Å². The van der Waals surface area contributed by atoms with Gasteiger partial charge in [-0.3, -0.25) is 4.79 Å². The highest BCUT2D eigenvalue weighted by Crippen LogP contribution is 2.33. The third-order valence-electron chi connectivity index (χ3n) is 5.46. The van der Waals surface area contributed by atoms with Crippen LogP contribution < -0.4 is 4.74 Å². The van der Waals surface area contributed by atoms with Crippen LogP contribution in [0.4, 0.5) is 0 Å². The van der Waals surface area contributed by atoms with Gasteiger partial charge in [0.05, 0.1) is 6.07 Å². The standard InChI is InChI=1S/C22H30N2O4/c1-15-11-16(2)20(17(3)12-15)27-13-19(25)28-18(4)21(26)24(5)22(14-23)9-7-6-8-10-22/h11-12,18H,6-10,13H2,1-5H3/t18-/m0/s1. The van der Waals surface area contributed by atoms with Gasteiger partial charge in [0.25, 0.3) is 5.91 Å². The maximum absolute atomic E-state index is 12.7. The molecule has 0 saturated heterocycles. The summed E-state index contributed by atoms with van der Waals surface area (Å²) in [6, 6.07) is 6.28. The largest absolute Gasteiger partial charge is 0.481 e. The van der Waals surface area contributed by atoms with E-state index < -0.39 is 17.6 Å². The lowest BCUT2D eigenvalue weighted by atomic mass is 9.81. The minimum Gasteiger partial charge on any atom is -0.481 e. The molecule has 0 heterocycles. The molecule has 1 fully saturated rings. The Balaban J connectivity index is 1.94. The molecule has 1 saturated carbocycles. The summed E-state index contributed by atoms with van der Waals surface area (Å²) < 4.78 is 10.9. The first kappa shape index (κ1) is 21.7. The van der Waals surface area contributed by atoms with E-state index in [2.05, 4.69) is 6.07 Å². The highest BCUT2D eigenvalue weighted by molar-refractivity contribution is 5.84. The van der Waals surface area contributed by atoms with E-state index in [9.17, 15) is 14.9 Å². The van der Waals surface area contributed by atoms with Crippen LogP contribution in [-0.2, 0) is 14.3 Å². The SMILES string of the molecule is Cc1cc(C)c(OCC(=O)O[C@@H](C)C(=O)N(C)C2(C#N)CCCCC2)c(C)c1. The van der Waals surface area contributed by atoms with Gasteiger partial charge in [-0.25, -0.2) is 4.79 Å². The zero-order valence-electron chi connectivity index (χ0n) is 17.5. The minimum absolute atomic E-state index is 0.268. The second-order valence-corrected chi connectivity index (χ2v) is 7.75. The maximum atomic E-state index is 12.7. The number of likely N-dealkylation sites (N-methyl/N-ethyl adjacent to an activating group) is 1. The van der Waals surface area contributed by atoms with E-state index in [4.69, 9.17) is 9.47 Å². The molecule has 0 radical (unpaired) electrons. The molecule has 1 amide bonds. The summed E-state index contributed by atoms with van der Waals surface area (Å²) in [4.78, 5) is 26.4. The highest BCUT2D eigenvalue weighted by atomic mass is 16.6. The summed E-state index contributed by atoms with van der Waals surface area (Å²) in [5.74, 6) is -0.313. The molecular weight excluding hydrogens is 356 g/mol. The molecule has 0 unspecified atom stereocenters. The number of carbonyl (C=O) groups is 2. The lowest BCUT2D eigenvalue weighted by molar-refractivity contribution is -0.162. The molecule has 6 heteroatoms. The van der Waals surface area contributed by atoms with Crippen LogP contribution in [0.1, 0.15) is 55.7 Å². The molecule has 1 aromatic rings. The Morgan fingerprint density at radius 3 is 2.29 bits per heavy atom. The van der Waals surface area contributed by atoms with Gasteiger partial charge >= 0.3 is 5.97 Å². The number of benzene rings is 1. The molecule has 0 bridgehead atoms. The van der Waals surface area contributed by atoms with E-state index >= 15 is 0 Å². The zero-order valence-corrected chi connectivity index (χ0v) is 17.5. The van der Waals surface area contributed by atoms with Gasteiger partial charge in [-0.15, -0.1) is 0 Å². The molecule has 0 spiro atoms. The molecule has 6 nitrogen and oxygen atoms in total. The second kappa shape index (κ2) is 9.09. The van der Waals surface area contributed by atoms with Gasteiger partial charge < -0.3 is 14.4 Å². The van der Waals surface area contributed by atoms with Crippen LogP contribution >= 0.6 is 0 Å². The Labute approximate surface area is 167 Å². The fraction of sp³-hybridized carbons (Fsp3) is 0.591. The minimum atomic E-state index is -0.964. The Morgan fingerprint density at radius 1 is 1.18 bits per heavy atom. The molecule has 28 heavy (non-hydrogen) atoms. The summed E-state index contributed by atoms with van der Waals surface area (Å²) in [6.07, 6.45) is 3.26. The van der Waals surface area contributed by atoms with Crippen molar-refractivity contribution in [3.63, 3.8) is 0 Å². The number of aryl methyl sites for hydroxylation is 3. The summed E-state index contributed by atoms with van der Waals surface area (Å²) in [6.45, 7) is 7.12. The lowest BCUT2D eigenvalue weighted by Crippen LogP contribution is -2.53. The van der Waals surface area contributed by atoms with Crippen molar-refractivity contribution in [2.75, 3.05) is 13.7 Å². The van der Waals surface area contributed by atoms with E-state index in [0.717, 1.165) is 36.0 Å². The predicted octanol–water partition coefficient (Wildman–Crippen LogP) is 3.61. The summed E-state index contributed by atoms with van der Waals surface area (Å²) in [5, 5.41) is 9.63. The average molecular weight is 386 g/mol. The summed E-state index contributed by atoms with van der Waals surface area (Å²) in [5.41, 5.74) is 2.22. The highest BCUT2D eigenvalue weighted by Gasteiger charge is 2.40. The second-order valence-electron chi connectivity index (χ2n) is 7.75. The molecule has 152 valence electrons. The third-order valence-corrected chi connectivity index (χ3v) is 5.46. The van der Waals surface area contributed by atoms with Gasteiger partial charge in [-0.05, 0) is 51.7 Å². The normalized spacial score (nSPS) is 16.6. The Bertz CT molecular complexity index is 752. The van der Waals surface area contributed by atoms with Crippen molar-refractivity contribution in [3.05, 3.63) is 28.8 Å². The van der Waals surface area contributed by atoms with Crippen LogP contribution in [0.25, 0.3) is 0 Å². The van der Waals surface area contributed by atoms with Gasteiger partial charge in [-0.1, -0.05) is 37.0 Å². The van der Waals surface area contributed by atoms with Crippen LogP contribution in [0.15, 0.2) is 12.1 Å². The first-order valence-corrected chi connectivity index (χ1v) is 9.79. The van der Waals surface area contributed by atoms with Crippen LogP contribution in [0, 0.1) is 32.1 Å². The number of hydrogen-bond acceptors (Lipinski definition) is 5. The number of carbonyl (C=O) groups excluding carboxylic acids is 2. The number of amides is 1. The third kappa shape index (κ3) is 4.83. The van der Waals surface area contributed by atoms with Gasteiger partial charge in [-0.2, -0.15) is 5.26 Å². The number of rotatable bonds is 6. The average Bonchev–Trinajstić information content (AvgIpc) is 2.66. The molecule has 0 N–H and O–H groups in total. The molecule has 1 aromatic carbocycles. The van der Waals surface area contributed by atoms with Crippen LogP contribution in [0.3, 0.4) is 0 Å². The van der Waals surface area contributed by atoms with E-state index in [1.165, 1.54) is 11.8 Å². The van der Waals surface area contributed by atoms with Gasteiger partial charge in [0.15, 0.2) is 12.7 Å². The van der Waals surface area contributed by atoms with Crippen molar-refractivity contribution in [1.82, 2.24) is 4.90 Å². The van der Waals surface area contributed by atoms with Crippen molar-refractivity contribution < 1.29 is 19.1 Å². The van der Waals surface area contributed by atoms with E-state index in [1.54, 1.807) is 7.05 Å². The number of hydrogen-bond donors (Lipinski definition) is 0. The topological polar surface area (TPSA) is 79.6 Å². The molecule has 2 rings (SSSR count). The maximum Gasteiger partial charge on any atom is 0.344 e. The number of nitriles is 1. The zero-order chi connectivity index (χ0) is 20.9. The molecule has 1 atom stereocenters. The van der Waals surface area contributed by atoms with Crippen molar-refractivity contribution >= 4 is 11.9 Å². The molecular formula is C22H30N2O4. The smallest absolute Gasteiger partial charge is 0.344 e. The number of ether oxygens (including phenoxy) is 2. The van der Waals surface area contributed by atoms with E-state index in [-0.39, 0.29) is 12.5 Å². The van der Waals surface area contributed by atoms with Gasteiger partial charge in [0.1, 0.15) is 11.3 Å². The van der Waals surface area contributed by atoms with Crippen molar-refractivity contribution in [1.29, 1.82) is 5.26 Å². The van der Waals surface area contributed by atoms with Gasteiger partial charge in [0, 0.05) is 7.05 Å². The van der Waals surface area contributed by atoms with Crippen LogP contribution in [-0.4, -0.2) is 42.1 Å². The Morgan fingerprint density at radius 2 is 1.75 bits per heavy atom. The Kier molecular flexibility index (Phi) is 7.06. The van der Waals surface area contributed by atoms with Crippen molar-refractivity contribution in [2.24, 2.45) is 0 Å². The first-order chi connectivity index (χ1) is 13.2. The van der Waals surface area contributed by atoms with Crippen molar-refractivity contribution in [3.8, 4) is 11.8 Å². The lowest BCUT2D eigenvalue weighted by Gasteiger charge is -2.39. The fourth-order valence-electron chi connectivity index (χ4n) is 3.95. The van der Waals surface area contributed by atoms with Gasteiger partial charge in [0.2, 0.25) is 0 Å². The van der Waals surface area contributed by atoms with E-state index in [1.807, 2.05) is 32.9 Å². The monoisotopic (exact) mass is 386 g/mol. The summed E-state index contributed by atoms with van der Waals surface area (Å²) >= 11 is 0. The van der Waals surface area contributed by atoms with Crippen molar-refractivity contribution in [2.45, 2.75) is 71.4 Å². The summed E-state index contributed by atoms with van der Waals surface area (Å²) in [7, 11) is 1.62. The van der Waals surface area contributed by atoms with Crippen LogP contribution in [0.5, 0.6) is 5.75 Å². The molecule has 1 aliphatic rings. The Hall–Kier alpha value is -2.55. The first-order valence-electron chi connectivity index (χ1n) is 9.79. The fourth-order valence-corrected chi connectivity index (χ4v) is 3.95. The van der Waals surface area contributed by atoms with Crippen LogP contribution in [0.2, 0.25) is 0 Å². The molecule has 0 aliphatic heterocycles.